The quantitative estimate of drug-likeness (QED) is 0.646. The third-order valence-corrected chi connectivity index (χ3v) is 3.38. The molecule has 3 aromatic rings. The molecule has 0 N–H and O–H groups in total. The summed E-state index contributed by atoms with van der Waals surface area (Å²) in [5.41, 5.74) is 2.95. The second kappa shape index (κ2) is 4.22. The van der Waals surface area contributed by atoms with Gasteiger partial charge in [-0.2, -0.15) is 5.10 Å². The molecule has 0 aliphatic heterocycles. The first-order valence-electron chi connectivity index (χ1n) is 5.31. The largest absolute Gasteiger partial charge is 0.236 e. The van der Waals surface area contributed by atoms with E-state index in [1.807, 2.05) is 18.3 Å². The zero-order chi connectivity index (χ0) is 11.7. The predicted molar refractivity (Wildman–Crippen MR) is 70.2 cm³/mol. The summed E-state index contributed by atoms with van der Waals surface area (Å²) in [4.78, 5) is 5.44. The average molecular weight is 241 g/mol. The van der Waals surface area contributed by atoms with E-state index < -0.39 is 0 Å². The zero-order valence-corrected chi connectivity index (χ0v) is 10.2. The van der Waals surface area contributed by atoms with Crippen molar-refractivity contribution in [1.82, 2.24) is 14.6 Å². The lowest BCUT2D eigenvalue weighted by molar-refractivity contribution is 0.942. The molecule has 0 saturated carbocycles. The highest BCUT2D eigenvalue weighted by molar-refractivity contribution is 7.98. The number of nitrogens with zero attached hydrogens (tertiary/aromatic N) is 3. The molecule has 0 spiro atoms. The third kappa shape index (κ3) is 1.91. The Morgan fingerprint density at radius 2 is 1.88 bits per heavy atom. The number of hydrogen-bond acceptors (Lipinski definition) is 3. The van der Waals surface area contributed by atoms with Crippen molar-refractivity contribution in [3.05, 3.63) is 48.8 Å². The van der Waals surface area contributed by atoms with Gasteiger partial charge in [0.1, 0.15) is 0 Å². The normalized spacial score (nSPS) is 10.9. The summed E-state index contributed by atoms with van der Waals surface area (Å²) in [5, 5.41) is 4.51. The van der Waals surface area contributed by atoms with E-state index in [1.165, 1.54) is 4.90 Å². The van der Waals surface area contributed by atoms with E-state index in [-0.39, 0.29) is 0 Å². The van der Waals surface area contributed by atoms with Crippen LogP contribution in [-0.4, -0.2) is 20.9 Å². The first-order chi connectivity index (χ1) is 8.36. The van der Waals surface area contributed by atoms with Crippen LogP contribution in [0.25, 0.3) is 16.9 Å². The van der Waals surface area contributed by atoms with E-state index in [2.05, 4.69) is 40.6 Å². The van der Waals surface area contributed by atoms with Crippen LogP contribution in [-0.2, 0) is 0 Å². The third-order valence-electron chi connectivity index (χ3n) is 2.64. The van der Waals surface area contributed by atoms with Crippen LogP contribution in [0.1, 0.15) is 0 Å². The lowest BCUT2D eigenvalue weighted by atomic mass is 10.1. The van der Waals surface area contributed by atoms with Crippen LogP contribution < -0.4 is 0 Å². The van der Waals surface area contributed by atoms with Crippen molar-refractivity contribution in [2.75, 3.05) is 6.26 Å². The maximum Gasteiger partial charge on any atom is 0.153 e. The minimum Gasteiger partial charge on any atom is -0.236 e. The van der Waals surface area contributed by atoms with Crippen molar-refractivity contribution < 1.29 is 0 Å². The van der Waals surface area contributed by atoms with E-state index >= 15 is 0 Å². The fourth-order valence-corrected chi connectivity index (χ4v) is 2.14. The Morgan fingerprint density at radius 1 is 1.06 bits per heavy atom. The molecule has 4 heteroatoms. The zero-order valence-electron chi connectivity index (χ0n) is 9.37. The maximum absolute atomic E-state index is 4.51. The predicted octanol–water partition coefficient (Wildman–Crippen LogP) is 3.12. The van der Waals surface area contributed by atoms with Gasteiger partial charge in [-0.3, -0.25) is 0 Å². The fraction of sp³-hybridized carbons (Fsp3) is 0.0769. The molecule has 0 amide bonds. The van der Waals surface area contributed by atoms with Gasteiger partial charge in [-0.15, -0.1) is 11.8 Å². The summed E-state index contributed by atoms with van der Waals surface area (Å²) >= 11 is 1.74. The molecule has 2 aromatic heterocycles. The van der Waals surface area contributed by atoms with Crippen LogP contribution >= 0.6 is 11.8 Å². The van der Waals surface area contributed by atoms with Crippen molar-refractivity contribution in [3.63, 3.8) is 0 Å². The van der Waals surface area contributed by atoms with Crippen LogP contribution in [0.3, 0.4) is 0 Å². The number of hydrogen-bond donors (Lipinski definition) is 0. The molecule has 0 atom stereocenters. The summed E-state index contributed by atoms with van der Waals surface area (Å²) in [6.07, 6.45) is 5.68. The second-order valence-electron chi connectivity index (χ2n) is 3.68. The molecule has 2 heterocycles. The van der Waals surface area contributed by atoms with Crippen LogP contribution in [0.2, 0.25) is 0 Å². The van der Waals surface area contributed by atoms with Gasteiger partial charge in [0.2, 0.25) is 0 Å². The summed E-state index contributed by atoms with van der Waals surface area (Å²) in [6.45, 7) is 0. The Bertz CT molecular complexity index is 643. The van der Waals surface area contributed by atoms with Crippen molar-refractivity contribution >= 4 is 17.4 Å². The Hall–Kier alpha value is -1.81. The van der Waals surface area contributed by atoms with Gasteiger partial charge < -0.3 is 0 Å². The van der Waals surface area contributed by atoms with Crippen LogP contribution in [0.5, 0.6) is 0 Å². The van der Waals surface area contributed by atoms with Gasteiger partial charge in [-0.05, 0) is 30.5 Å². The van der Waals surface area contributed by atoms with E-state index in [4.69, 9.17) is 0 Å². The standard InChI is InChI=1S/C13H11N3S/c1-17-11-4-2-10(3-5-11)12-6-7-13-14-8-9-16(13)15-12/h2-9H,1H3. The van der Waals surface area contributed by atoms with Gasteiger partial charge in [-0.25, -0.2) is 9.50 Å². The summed E-state index contributed by atoms with van der Waals surface area (Å²) in [5.74, 6) is 0. The van der Waals surface area contributed by atoms with Crippen LogP contribution in [0.15, 0.2) is 53.7 Å². The molecule has 0 aliphatic carbocycles. The van der Waals surface area contributed by atoms with Crippen LogP contribution in [0.4, 0.5) is 0 Å². The molecule has 0 saturated heterocycles. The first kappa shape index (κ1) is 10.4. The molecule has 84 valence electrons. The lowest BCUT2D eigenvalue weighted by Crippen LogP contribution is -1.92. The molecule has 0 aliphatic rings. The minimum atomic E-state index is 0.870. The van der Waals surface area contributed by atoms with Gasteiger partial charge in [-0.1, -0.05) is 12.1 Å². The molecule has 3 rings (SSSR count). The van der Waals surface area contributed by atoms with Gasteiger partial charge in [0.25, 0.3) is 0 Å². The average Bonchev–Trinajstić information content (AvgIpc) is 2.86. The highest BCUT2D eigenvalue weighted by atomic mass is 32.2. The number of rotatable bonds is 2. The summed E-state index contributed by atoms with van der Waals surface area (Å²) in [7, 11) is 0. The molecule has 0 radical (unpaired) electrons. The van der Waals surface area contributed by atoms with Crippen molar-refractivity contribution in [3.8, 4) is 11.3 Å². The number of fused-ring (bicyclic) bond motifs is 1. The van der Waals surface area contributed by atoms with Crippen LogP contribution in [0, 0.1) is 0 Å². The molecule has 0 unspecified atom stereocenters. The smallest absolute Gasteiger partial charge is 0.153 e. The molecular weight excluding hydrogens is 230 g/mol. The number of imidazole rings is 1. The van der Waals surface area contributed by atoms with Crippen molar-refractivity contribution in [2.45, 2.75) is 4.90 Å². The molecule has 0 bridgehead atoms. The maximum atomic E-state index is 4.51. The molecule has 17 heavy (non-hydrogen) atoms. The number of benzene rings is 1. The van der Waals surface area contributed by atoms with Gasteiger partial charge in [0.05, 0.1) is 5.69 Å². The summed E-state index contributed by atoms with van der Waals surface area (Å²) in [6, 6.07) is 12.4. The Balaban J connectivity index is 2.06. The second-order valence-corrected chi connectivity index (χ2v) is 4.56. The fourth-order valence-electron chi connectivity index (χ4n) is 1.73. The van der Waals surface area contributed by atoms with Gasteiger partial charge >= 0.3 is 0 Å². The van der Waals surface area contributed by atoms with E-state index in [1.54, 1.807) is 22.5 Å². The Labute approximate surface area is 104 Å². The minimum absolute atomic E-state index is 0.870. The SMILES string of the molecule is CSc1ccc(-c2ccc3nccn3n2)cc1. The Kier molecular flexibility index (Phi) is 2.57. The summed E-state index contributed by atoms with van der Waals surface area (Å²) < 4.78 is 1.79. The monoisotopic (exact) mass is 241 g/mol. The molecule has 3 nitrogen and oxygen atoms in total. The van der Waals surface area contributed by atoms with E-state index in [0.717, 1.165) is 16.9 Å². The number of thioether (sulfide) groups is 1. The van der Waals surface area contributed by atoms with Gasteiger partial charge in [0, 0.05) is 22.9 Å². The first-order valence-corrected chi connectivity index (χ1v) is 6.54. The van der Waals surface area contributed by atoms with Gasteiger partial charge in [0.15, 0.2) is 5.65 Å². The van der Waals surface area contributed by atoms with Crippen molar-refractivity contribution in [2.24, 2.45) is 0 Å². The highest BCUT2D eigenvalue weighted by Crippen LogP contribution is 2.21. The number of aromatic nitrogens is 3. The topological polar surface area (TPSA) is 30.2 Å². The molecule has 1 aromatic carbocycles. The highest BCUT2D eigenvalue weighted by Gasteiger charge is 2.01. The van der Waals surface area contributed by atoms with Crippen molar-refractivity contribution in [1.29, 1.82) is 0 Å². The molecular formula is C13H11N3S. The Morgan fingerprint density at radius 3 is 2.65 bits per heavy atom. The molecule has 0 fully saturated rings. The van der Waals surface area contributed by atoms with E-state index in [0.29, 0.717) is 0 Å². The van der Waals surface area contributed by atoms with E-state index in [9.17, 15) is 0 Å². The lowest BCUT2D eigenvalue weighted by Gasteiger charge is -2.02.